The zero-order valence-corrected chi connectivity index (χ0v) is 21.9. The molecule has 2 aromatic carbocycles. The maximum absolute atomic E-state index is 14.1. The molecule has 2 aromatic heterocycles. The lowest BCUT2D eigenvalue weighted by Gasteiger charge is -2.32. The third kappa shape index (κ3) is 3.94. The molecule has 0 saturated heterocycles. The molecule has 0 saturated carbocycles. The second-order valence-electron chi connectivity index (χ2n) is 9.90. The van der Waals surface area contributed by atoms with E-state index >= 15 is 0 Å². The monoisotopic (exact) mass is 496 g/mol. The summed E-state index contributed by atoms with van der Waals surface area (Å²) >= 11 is 1.90. The van der Waals surface area contributed by atoms with E-state index in [0.29, 0.717) is 6.54 Å². The fourth-order valence-electron chi connectivity index (χ4n) is 5.67. The fraction of sp³-hybridized carbons (Fsp3) is 0.300. The number of hydrogen-bond acceptors (Lipinski definition) is 3. The lowest BCUT2D eigenvalue weighted by molar-refractivity contribution is 0.194. The number of amides is 2. The number of likely N-dealkylation sites (N-methyl/N-ethyl adjacent to an activating group) is 1. The molecule has 1 atom stereocenters. The van der Waals surface area contributed by atoms with Crippen LogP contribution in [0.15, 0.2) is 66.9 Å². The predicted octanol–water partition coefficient (Wildman–Crippen LogP) is 6.67. The second-order valence-corrected chi connectivity index (χ2v) is 11.0. The highest BCUT2D eigenvalue weighted by atomic mass is 32.1. The first-order valence-electron chi connectivity index (χ1n) is 12.8. The molecule has 0 aliphatic carbocycles. The van der Waals surface area contributed by atoms with Gasteiger partial charge in [-0.3, -0.25) is 4.90 Å². The molecule has 184 valence electrons. The molecule has 36 heavy (non-hydrogen) atoms. The summed E-state index contributed by atoms with van der Waals surface area (Å²) < 4.78 is 2.33. The summed E-state index contributed by atoms with van der Waals surface area (Å²) in [5.74, 6) is 0. The molecule has 2 aliphatic rings. The van der Waals surface area contributed by atoms with Gasteiger partial charge in [0.2, 0.25) is 0 Å². The second kappa shape index (κ2) is 9.26. The van der Waals surface area contributed by atoms with Gasteiger partial charge in [-0.25, -0.2) is 4.79 Å². The SMILES string of the molecule is CCN1CCc2c(sc3c2CN(C(=O)Nc2ccc(C)cc2C)[C@@H](c2ccccc2)c2cccn2-3)C1. The van der Waals surface area contributed by atoms with Crippen LogP contribution in [0.25, 0.3) is 5.00 Å². The van der Waals surface area contributed by atoms with E-state index in [4.69, 9.17) is 0 Å². The number of carbonyl (C=O) groups excluding carboxylic acids is 1. The topological polar surface area (TPSA) is 40.5 Å². The van der Waals surface area contributed by atoms with E-state index in [1.165, 1.54) is 26.6 Å². The fourth-order valence-corrected chi connectivity index (χ4v) is 7.08. The molecule has 4 heterocycles. The van der Waals surface area contributed by atoms with E-state index in [1.807, 2.05) is 28.4 Å². The van der Waals surface area contributed by atoms with Gasteiger partial charge >= 0.3 is 6.03 Å². The third-order valence-electron chi connectivity index (χ3n) is 7.59. The van der Waals surface area contributed by atoms with Crippen LogP contribution in [0.5, 0.6) is 0 Å². The molecule has 0 fully saturated rings. The van der Waals surface area contributed by atoms with Gasteiger partial charge in [0.15, 0.2) is 0 Å². The van der Waals surface area contributed by atoms with Gasteiger partial charge in [0.05, 0.1) is 18.3 Å². The number of aryl methyl sites for hydroxylation is 2. The molecule has 5 nitrogen and oxygen atoms in total. The third-order valence-corrected chi connectivity index (χ3v) is 8.85. The predicted molar refractivity (Wildman–Crippen MR) is 147 cm³/mol. The standard InChI is InChI=1S/C30H32N4OS/c1-4-32-16-14-23-24-18-34(30(35)31-25-13-12-20(2)17-21(25)3)28(22-9-6-5-7-10-22)26-11-8-15-33(26)29(24)36-27(23)19-32/h5-13,15,17,28H,4,14,16,18-19H2,1-3H3,(H,31,35)/t28-/m0/s1. The minimum Gasteiger partial charge on any atom is -0.310 e. The Hall–Kier alpha value is -3.35. The molecule has 0 bridgehead atoms. The van der Waals surface area contributed by atoms with Gasteiger partial charge in [-0.1, -0.05) is 55.0 Å². The van der Waals surface area contributed by atoms with Crippen molar-refractivity contribution in [2.45, 2.75) is 46.3 Å². The molecule has 2 aliphatic heterocycles. The Labute approximate surface area is 217 Å². The zero-order chi connectivity index (χ0) is 24.8. The highest BCUT2D eigenvalue weighted by molar-refractivity contribution is 7.15. The van der Waals surface area contributed by atoms with Crippen LogP contribution in [0.2, 0.25) is 0 Å². The highest BCUT2D eigenvalue weighted by Gasteiger charge is 2.36. The Bertz CT molecular complexity index is 1420. The van der Waals surface area contributed by atoms with Crippen LogP contribution in [0, 0.1) is 13.8 Å². The number of benzene rings is 2. The van der Waals surface area contributed by atoms with Crippen molar-refractivity contribution in [3.05, 3.63) is 105 Å². The van der Waals surface area contributed by atoms with Gasteiger partial charge in [-0.15, -0.1) is 11.3 Å². The van der Waals surface area contributed by atoms with E-state index in [9.17, 15) is 4.79 Å². The maximum Gasteiger partial charge on any atom is 0.322 e. The Balaban J connectivity index is 1.47. The van der Waals surface area contributed by atoms with Gasteiger partial charge < -0.3 is 14.8 Å². The largest absolute Gasteiger partial charge is 0.322 e. The number of rotatable bonds is 3. The molecule has 6 heteroatoms. The molecular formula is C30H32N4OS. The van der Waals surface area contributed by atoms with Crippen molar-refractivity contribution in [2.24, 2.45) is 0 Å². The molecule has 1 N–H and O–H groups in total. The van der Waals surface area contributed by atoms with Crippen molar-refractivity contribution in [2.75, 3.05) is 18.4 Å². The summed E-state index contributed by atoms with van der Waals surface area (Å²) in [6.45, 7) is 10.1. The summed E-state index contributed by atoms with van der Waals surface area (Å²) in [6, 6.07) is 20.6. The van der Waals surface area contributed by atoms with Crippen molar-refractivity contribution >= 4 is 23.1 Å². The zero-order valence-electron chi connectivity index (χ0n) is 21.1. The lowest BCUT2D eigenvalue weighted by atomic mass is 10.00. The summed E-state index contributed by atoms with van der Waals surface area (Å²) in [6.07, 6.45) is 3.20. The minimum atomic E-state index is -0.182. The van der Waals surface area contributed by atoms with E-state index in [0.717, 1.165) is 48.6 Å². The molecule has 2 amide bonds. The van der Waals surface area contributed by atoms with Crippen molar-refractivity contribution < 1.29 is 4.79 Å². The highest BCUT2D eigenvalue weighted by Crippen LogP contribution is 2.43. The molecule has 6 rings (SSSR count). The summed E-state index contributed by atoms with van der Waals surface area (Å²) in [4.78, 5) is 20.1. The average Bonchev–Trinajstić information content (AvgIpc) is 3.47. The van der Waals surface area contributed by atoms with E-state index in [-0.39, 0.29) is 12.1 Å². The van der Waals surface area contributed by atoms with E-state index < -0.39 is 0 Å². The average molecular weight is 497 g/mol. The van der Waals surface area contributed by atoms with E-state index in [2.05, 4.69) is 90.3 Å². The number of nitrogens with one attached hydrogen (secondary N) is 1. The van der Waals surface area contributed by atoms with Crippen LogP contribution in [-0.4, -0.2) is 33.5 Å². The number of hydrogen-bond donors (Lipinski definition) is 1. The molecular weight excluding hydrogens is 464 g/mol. The smallest absolute Gasteiger partial charge is 0.310 e. The quantitative estimate of drug-likeness (QED) is 0.344. The summed E-state index contributed by atoms with van der Waals surface area (Å²) in [5.41, 5.74) is 8.12. The number of thiophene rings is 1. The number of urea groups is 1. The number of anilines is 1. The van der Waals surface area contributed by atoms with Crippen LogP contribution in [0.3, 0.4) is 0 Å². The molecule has 0 spiro atoms. The van der Waals surface area contributed by atoms with Crippen LogP contribution in [0.1, 0.15) is 51.4 Å². The van der Waals surface area contributed by atoms with Crippen molar-refractivity contribution in [1.29, 1.82) is 0 Å². The Morgan fingerprint density at radius 2 is 1.86 bits per heavy atom. The molecule has 0 unspecified atom stereocenters. The minimum absolute atomic E-state index is 0.0673. The lowest BCUT2D eigenvalue weighted by Crippen LogP contribution is -2.38. The number of fused-ring (bicyclic) bond motifs is 5. The summed E-state index contributed by atoms with van der Waals surface area (Å²) in [7, 11) is 0. The van der Waals surface area contributed by atoms with Gasteiger partial charge in [0.25, 0.3) is 0 Å². The maximum atomic E-state index is 14.1. The molecule has 4 aromatic rings. The van der Waals surface area contributed by atoms with Crippen LogP contribution >= 0.6 is 11.3 Å². The Morgan fingerprint density at radius 3 is 2.64 bits per heavy atom. The number of nitrogens with zero attached hydrogens (tertiary/aromatic N) is 3. The van der Waals surface area contributed by atoms with Crippen molar-refractivity contribution in [3.63, 3.8) is 0 Å². The number of aromatic nitrogens is 1. The first-order valence-corrected chi connectivity index (χ1v) is 13.6. The molecule has 0 radical (unpaired) electrons. The van der Waals surface area contributed by atoms with Crippen LogP contribution < -0.4 is 5.32 Å². The van der Waals surface area contributed by atoms with Crippen LogP contribution in [0.4, 0.5) is 10.5 Å². The summed E-state index contributed by atoms with van der Waals surface area (Å²) in [5, 5.41) is 4.51. The van der Waals surface area contributed by atoms with Gasteiger partial charge in [-0.05, 0) is 61.7 Å². The van der Waals surface area contributed by atoms with E-state index in [1.54, 1.807) is 0 Å². The Morgan fingerprint density at radius 1 is 1.03 bits per heavy atom. The van der Waals surface area contributed by atoms with Crippen molar-refractivity contribution in [1.82, 2.24) is 14.4 Å². The van der Waals surface area contributed by atoms with Gasteiger partial charge in [-0.2, -0.15) is 0 Å². The number of carbonyl (C=O) groups is 1. The van der Waals surface area contributed by atoms with Gasteiger partial charge in [0.1, 0.15) is 5.00 Å². The normalized spacial score (nSPS) is 17.2. The Kier molecular flexibility index (Phi) is 5.94. The first kappa shape index (κ1) is 23.1. The van der Waals surface area contributed by atoms with Gasteiger partial charge in [0, 0.05) is 35.4 Å². The van der Waals surface area contributed by atoms with Crippen LogP contribution in [-0.2, 0) is 19.5 Å². The van der Waals surface area contributed by atoms with Crippen molar-refractivity contribution in [3.8, 4) is 5.00 Å². The first-order chi connectivity index (χ1) is 17.5.